The highest BCUT2D eigenvalue weighted by molar-refractivity contribution is 7.97. The molecule has 4 aromatic carbocycles. The first-order chi connectivity index (χ1) is 15.8. The minimum Gasteiger partial charge on any atom is -0.423 e. The van der Waals surface area contributed by atoms with Crippen molar-refractivity contribution in [2.75, 3.05) is 0 Å². The first kappa shape index (κ1) is 22.6. The third kappa shape index (κ3) is 5.26. The van der Waals surface area contributed by atoms with Gasteiger partial charge in [-0.3, -0.25) is 0 Å². The quantitative estimate of drug-likeness (QED) is 0.134. The molecule has 0 saturated heterocycles. The van der Waals surface area contributed by atoms with Crippen LogP contribution in [-0.4, -0.2) is 5.97 Å². The minimum absolute atomic E-state index is 0.160. The maximum atomic E-state index is 14.1. The minimum atomic E-state index is -4.70. The van der Waals surface area contributed by atoms with Crippen LogP contribution in [0.25, 0.3) is 0 Å². The number of alkyl halides is 3. The summed E-state index contributed by atoms with van der Waals surface area (Å²) in [5, 5.41) is 0. The molecule has 0 spiro atoms. The Morgan fingerprint density at radius 3 is 1.70 bits per heavy atom. The Morgan fingerprint density at radius 2 is 1.21 bits per heavy atom. The highest BCUT2D eigenvalue weighted by Gasteiger charge is 2.32. The van der Waals surface area contributed by atoms with Gasteiger partial charge in [0.1, 0.15) is 11.6 Å². The molecule has 2 nitrogen and oxygen atoms in total. The van der Waals surface area contributed by atoms with E-state index in [-0.39, 0.29) is 11.8 Å². The summed E-state index contributed by atoms with van der Waals surface area (Å²) < 4.78 is 57.4. The summed E-state index contributed by atoms with van der Waals surface area (Å²) in [6.45, 7) is 0. The number of halogens is 4. The molecule has 33 heavy (non-hydrogen) atoms. The number of carbonyl (C=O) groups is 1. The average molecular weight is 469 g/mol. The van der Waals surface area contributed by atoms with Gasteiger partial charge in [0.15, 0.2) is 14.7 Å². The summed E-state index contributed by atoms with van der Waals surface area (Å²) in [6.07, 6.45) is -4.70. The number of hydrogen-bond donors (Lipinski definition) is 0. The molecule has 0 heterocycles. The fourth-order valence-corrected chi connectivity index (χ4v) is 5.27. The van der Waals surface area contributed by atoms with Gasteiger partial charge >= 0.3 is 12.1 Å². The molecule has 0 aliphatic carbocycles. The molecule has 0 fully saturated rings. The third-order valence-corrected chi connectivity index (χ3v) is 6.97. The number of benzene rings is 4. The van der Waals surface area contributed by atoms with Crippen LogP contribution in [0, 0.1) is 5.82 Å². The van der Waals surface area contributed by atoms with Gasteiger partial charge in [-0.15, -0.1) is 0 Å². The van der Waals surface area contributed by atoms with Crippen molar-refractivity contribution in [1.82, 2.24) is 0 Å². The van der Waals surface area contributed by atoms with Crippen molar-refractivity contribution in [1.29, 1.82) is 0 Å². The molecule has 0 saturated carbocycles. The molecule has 0 N–H and O–H groups in total. The van der Waals surface area contributed by atoms with E-state index in [0.717, 1.165) is 20.8 Å². The van der Waals surface area contributed by atoms with E-state index < -0.39 is 40.0 Å². The average Bonchev–Trinajstić information content (AvgIpc) is 2.81. The summed E-state index contributed by atoms with van der Waals surface area (Å²) in [5.41, 5.74) is -1.74. The number of esters is 1. The molecular weight excluding hydrogens is 452 g/mol. The molecule has 4 rings (SSSR count). The van der Waals surface area contributed by atoms with Crippen LogP contribution in [0.1, 0.15) is 15.9 Å². The van der Waals surface area contributed by atoms with Crippen molar-refractivity contribution in [3.8, 4) is 5.75 Å². The fourth-order valence-electron chi connectivity index (χ4n) is 3.18. The predicted molar refractivity (Wildman–Crippen MR) is 118 cm³/mol. The standard InChI is InChI=1S/C26H17F4O2S/c27-24-17-18(26(28,29)30)11-16-23(24)25(31)32-19-12-14-22(15-13-19)33(20-7-3-1-4-8-20)21-9-5-2-6-10-21/h1-17H/q+1. The second-order valence-electron chi connectivity index (χ2n) is 6.99. The zero-order chi connectivity index (χ0) is 23.4. The number of rotatable bonds is 5. The predicted octanol–water partition coefficient (Wildman–Crippen LogP) is 7.16. The molecule has 0 radical (unpaired) electrons. The zero-order valence-corrected chi connectivity index (χ0v) is 17.9. The van der Waals surface area contributed by atoms with Crippen molar-refractivity contribution in [2.24, 2.45) is 0 Å². The first-order valence-electron chi connectivity index (χ1n) is 9.86. The lowest BCUT2D eigenvalue weighted by Gasteiger charge is -2.10. The van der Waals surface area contributed by atoms with Crippen molar-refractivity contribution >= 4 is 16.9 Å². The molecular formula is C26H17F4O2S+. The van der Waals surface area contributed by atoms with Gasteiger partial charge in [0, 0.05) is 0 Å². The lowest BCUT2D eigenvalue weighted by Crippen LogP contribution is -2.13. The van der Waals surface area contributed by atoms with Gasteiger partial charge in [-0.2, -0.15) is 13.2 Å². The molecule has 0 unspecified atom stereocenters. The summed E-state index contributed by atoms with van der Waals surface area (Å²) in [7, 11) is -0.393. The Hall–Kier alpha value is -3.58. The van der Waals surface area contributed by atoms with Gasteiger partial charge in [-0.25, -0.2) is 9.18 Å². The van der Waals surface area contributed by atoms with E-state index in [1.165, 1.54) is 0 Å². The highest BCUT2D eigenvalue weighted by atomic mass is 32.2. The van der Waals surface area contributed by atoms with Gasteiger partial charge in [0.2, 0.25) is 0 Å². The zero-order valence-electron chi connectivity index (χ0n) is 17.1. The molecule has 166 valence electrons. The Morgan fingerprint density at radius 1 is 0.697 bits per heavy atom. The van der Waals surface area contributed by atoms with E-state index in [4.69, 9.17) is 4.74 Å². The molecule has 0 aliphatic heterocycles. The van der Waals surface area contributed by atoms with Crippen molar-refractivity contribution in [2.45, 2.75) is 20.9 Å². The topological polar surface area (TPSA) is 26.3 Å². The van der Waals surface area contributed by atoms with Crippen LogP contribution in [-0.2, 0) is 17.1 Å². The second kappa shape index (κ2) is 9.50. The van der Waals surface area contributed by atoms with E-state index in [1.54, 1.807) is 12.1 Å². The molecule has 0 amide bonds. The van der Waals surface area contributed by atoms with E-state index in [9.17, 15) is 22.4 Å². The van der Waals surface area contributed by atoms with Crippen molar-refractivity contribution in [3.05, 3.63) is 120 Å². The van der Waals surface area contributed by atoms with Crippen LogP contribution in [0.3, 0.4) is 0 Å². The summed E-state index contributed by atoms with van der Waals surface area (Å²) in [6, 6.07) is 28.4. The van der Waals surface area contributed by atoms with E-state index in [1.807, 2.05) is 72.8 Å². The van der Waals surface area contributed by atoms with Crippen LogP contribution in [0.4, 0.5) is 17.6 Å². The van der Waals surface area contributed by atoms with Gasteiger partial charge in [-0.05, 0) is 66.7 Å². The normalized spacial score (nSPS) is 11.4. The highest BCUT2D eigenvalue weighted by Crippen LogP contribution is 2.33. The van der Waals surface area contributed by atoms with Gasteiger partial charge < -0.3 is 4.74 Å². The summed E-state index contributed by atoms with van der Waals surface area (Å²) >= 11 is 0. The molecule has 0 bridgehead atoms. The smallest absolute Gasteiger partial charge is 0.416 e. The van der Waals surface area contributed by atoms with Crippen LogP contribution >= 0.6 is 0 Å². The SMILES string of the molecule is O=C(Oc1ccc([S+](c2ccccc2)c2ccccc2)cc1)c1ccc(C(F)(F)F)cc1F. The maximum absolute atomic E-state index is 14.1. The summed E-state index contributed by atoms with van der Waals surface area (Å²) in [5.74, 6) is -2.20. The van der Waals surface area contributed by atoms with Crippen LogP contribution in [0.2, 0.25) is 0 Å². The Bertz CT molecular complexity index is 1200. The van der Waals surface area contributed by atoms with Crippen molar-refractivity contribution in [3.63, 3.8) is 0 Å². The van der Waals surface area contributed by atoms with Gasteiger partial charge in [0.25, 0.3) is 0 Å². The number of hydrogen-bond acceptors (Lipinski definition) is 2. The van der Waals surface area contributed by atoms with E-state index in [2.05, 4.69) is 0 Å². The Kier molecular flexibility index (Phi) is 6.51. The van der Waals surface area contributed by atoms with E-state index >= 15 is 0 Å². The van der Waals surface area contributed by atoms with Crippen LogP contribution in [0.5, 0.6) is 5.75 Å². The van der Waals surface area contributed by atoms with Crippen molar-refractivity contribution < 1.29 is 27.1 Å². The Labute approximate surface area is 190 Å². The number of ether oxygens (including phenoxy) is 1. The van der Waals surface area contributed by atoms with Crippen LogP contribution < -0.4 is 4.74 Å². The second-order valence-corrected chi connectivity index (χ2v) is 9.01. The molecule has 7 heteroatoms. The lowest BCUT2D eigenvalue weighted by molar-refractivity contribution is -0.137. The van der Waals surface area contributed by atoms with Gasteiger partial charge in [-0.1, -0.05) is 36.4 Å². The summed E-state index contributed by atoms with van der Waals surface area (Å²) in [4.78, 5) is 15.5. The maximum Gasteiger partial charge on any atom is 0.416 e. The van der Waals surface area contributed by atoms with E-state index in [0.29, 0.717) is 6.07 Å². The number of carbonyl (C=O) groups excluding carboxylic acids is 1. The largest absolute Gasteiger partial charge is 0.423 e. The third-order valence-electron chi connectivity index (χ3n) is 4.74. The fraction of sp³-hybridized carbons (Fsp3) is 0.0385. The van der Waals surface area contributed by atoms with Crippen LogP contribution in [0.15, 0.2) is 118 Å². The molecule has 4 aromatic rings. The lowest BCUT2D eigenvalue weighted by atomic mass is 10.1. The Balaban J connectivity index is 1.57. The van der Waals surface area contributed by atoms with Gasteiger partial charge in [0.05, 0.1) is 22.0 Å². The first-order valence-corrected chi connectivity index (χ1v) is 11.1. The monoisotopic (exact) mass is 469 g/mol. The molecule has 0 atom stereocenters. The molecule has 0 aromatic heterocycles. The molecule has 0 aliphatic rings.